The molecule has 0 bridgehead atoms. The molecular weight excluding hydrogens is 327 g/mol. The number of aromatic amines is 1. The molecular formula is C19H14ClFN2O. The minimum absolute atomic E-state index is 0.0722. The molecule has 0 fully saturated rings. The molecule has 0 saturated heterocycles. The van der Waals surface area contributed by atoms with Gasteiger partial charge in [-0.15, -0.1) is 0 Å². The van der Waals surface area contributed by atoms with Gasteiger partial charge in [-0.1, -0.05) is 48.0 Å². The molecule has 0 aliphatic heterocycles. The van der Waals surface area contributed by atoms with Gasteiger partial charge in [-0.05, 0) is 34.9 Å². The molecule has 3 aromatic rings. The van der Waals surface area contributed by atoms with Gasteiger partial charge in [-0.25, -0.2) is 9.37 Å². The largest absolute Gasteiger partial charge is 0.307 e. The molecule has 5 heteroatoms. The first kappa shape index (κ1) is 16.1. The van der Waals surface area contributed by atoms with Gasteiger partial charge in [-0.3, -0.25) is 4.79 Å². The van der Waals surface area contributed by atoms with E-state index in [0.717, 1.165) is 11.1 Å². The predicted octanol–water partition coefficient (Wildman–Crippen LogP) is 4.35. The molecule has 0 amide bonds. The molecule has 1 N–H and O–H groups in total. The van der Waals surface area contributed by atoms with Crippen molar-refractivity contribution in [1.82, 2.24) is 9.97 Å². The average molecular weight is 341 g/mol. The van der Waals surface area contributed by atoms with Gasteiger partial charge in [0.1, 0.15) is 11.6 Å². The first-order chi connectivity index (χ1) is 11.6. The van der Waals surface area contributed by atoms with Crippen molar-refractivity contribution in [2.45, 2.75) is 6.42 Å². The molecule has 1 heterocycles. The van der Waals surface area contributed by atoms with Gasteiger partial charge in [0, 0.05) is 18.7 Å². The fraction of sp³-hybridized carbons (Fsp3) is 0.0526. The van der Waals surface area contributed by atoms with Crippen LogP contribution in [0.25, 0.3) is 11.6 Å². The molecule has 3 rings (SSSR count). The number of nitrogens with one attached hydrogen (secondary N) is 1. The van der Waals surface area contributed by atoms with Crippen molar-refractivity contribution in [2.75, 3.05) is 0 Å². The first-order valence-electron chi connectivity index (χ1n) is 7.37. The van der Waals surface area contributed by atoms with E-state index in [-0.39, 0.29) is 10.6 Å². The highest BCUT2D eigenvalue weighted by Gasteiger charge is 2.08. The van der Waals surface area contributed by atoms with Crippen LogP contribution in [0.4, 0.5) is 4.39 Å². The van der Waals surface area contributed by atoms with Crippen LogP contribution < -0.4 is 5.56 Å². The molecule has 0 aliphatic rings. The van der Waals surface area contributed by atoms with Gasteiger partial charge in [0.15, 0.2) is 0 Å². The lowest BCUT2D eigenvalue weighted by Crippen LogP contribution is -2.09. The molecule has 0 unspecified atom stereocenters. The first-order valence-corrected chi connectivity index (χ1v) is 7.75. The molecule has 1 aromatic heterocycles. The summed E-state index contributed by atoms with van der Waals surface area (Å²) in [5.74, 6) is -0.0271. The van der Waals surface area contributed by atoms with Gasteiger partial charge < -0.3 is 4.98 Å². The quantitative estimate of drug-likeness (QED) is 0.767. The Labute approximate surface area is 143 Å². The van der Waals surface area contributed by atoms with Crippen LogP contribution in [0.2, 0.25) is 5.02 Å². The lowest BCUT2D eigenvalue weighted by molar-refractivity contribution is 0.628. The second kappa shape index (κ2) is 7.23. The monoisotopic (exact) mass is 340 g/mol. The standard InChI is InChI=1S/C19H14ClFN2O/c20-16-7-6-14(12-17(16)21)11-15(10-13-4-2-1-3-5-13)19-22-9-8-18(24)23-19/h1-9,11-12H,10H2,(H,22,23,24). The molecule has 2 aromatic carbocycles. The van der Waals surface area contributed by atoms with Crippen molar-refractivity contribution in [3.8, 4) is 0 Å². The maximum Gasteiger partial charge on any atom is 0.251 e. The average Bonchev–Trinajstić information content (AvgIpc) is 2.58. The fourth-order valence-electron chi connectivity index (χ4n) is 2.36. The van der Waals surface area contributed by atoms with E-state index in [1.807, 2.05) is 30.3 Å². The Bertz CT molecular complexity index is 935. The molecule has 0 spiro atoms. The lowest BCUT2D eigenvalue weighted by atomic mass is 10.0. The van der Waals surface area contributed by atoms with Crippen LogP contribution in [0.3, 0.4) is 0 Å². The molecule has 0 radical (unpaired) electrons. The number of aromatic nitrogens is 2. The summed E-state index contributed by atoms with van der Waals surface area (Å²) in [5, 5.41) is 0.0722. The number of benzene rings is 2. The van der Waals surface area contributed by atoms with Crippen molar-refractivity contribution in [2.24, 2.45) is 0 Å². The van der Waals surface area contributed by atoms with Crippen LogP contribution in [0.5, 0.6) is 0 Å². The minimum atomic E-state index is -0.487. The minimum Gasteiger partial charge on any atom is -0.307 e. The summed E-state index contributed by atoms with van der Waals surface area (Å²) in [7, 11) is 0. The Morgan fingerprint density at radius 1 is 1.17 bits per heavy atom. The van der Waals surface area contributed by atoms with Crippen LogP contribution in [-0.4, -0.2) is 9.97 Å². The number of halogens is 2. The Kier molecular flexibility index (Phi) is 4.87. The van der Waals surface area contributed by atoms with Crippen molar-refractivity contribution in [3.63, 3.8) is 0 Å². The van der Waals surface area contributed by atoms with E-state index < -0.39 is 5.82 Å². The Morgan fingerprint density at radius 3 is 2.67 bits per heavy atom. The summed E-state index contributed by atoms with van der Waals surface area (Å²) in [6.07, 6.45) is 3.80. The smallest absolute Gasteiger partial charge is 0.251 e. The van der Waals surface area contributed by atoms with Gasteiger partial charge in [0.05, 0.1) is 5.02 Å². The number of nitrogens with zero attached hydrogens (tertiary/aromatic N) is 1. The SMILES string of the molecule is O=c1ccnc(C(=Cc2ccc(Cl)c(F)c2)Cc2ccccc2)[nH]1. The van der Waals surface area contributed by atoms with E-state index >= 15 is 0 Å². The second-order valence-electron chi connectivity index (χ2n) is 5.29. The third-order valence-electron chi connectivity index (χ3n) is 3.50. The highest BCUT2D eigenvalue weighted by molar-refractivity contribution is 6.30. The van der Waals surface area contributed by atoms with E-state index in [0.29, 0.717) is 17.8 Å². The van der Waals surface area contributed by atoms with Crippen molar-refractivity contribution in [3.05, 3.63) is 98.9 Å². The number of H-pyrrole nitrogens is 1. The molecule has 3 nitrogen and oxygen atoms in total. The van der Waals surface area contributed by atoms with Gasteiger partial charge >= 0.3 is 0 Å². The van der Waals surface area contributed by atoms with Crippen LogP contribution in [-0.2, 0) is 6.42 Å². The third kappa shape index (κ3) is 3.97. The maximum absolute atomic E-state index is 13.7. The molecule has 24 heavy (non-hydrogen) atoms. The van der Waals surface area contributed by atoms with E-state index in [1.165, 1.54) is 24.4 Å². The van der Waals surface area contributed by atoms with Gasteiger partial charge in [0.25, 0.3) is 5.56 Å². The normalized spacial score (nSPS) is 11.5. The topological polar surface area (TPSA) is 45.8 Å². The number of allylic oxidation sites excluding steroid dienone is 1. The van der Waals surface area contributed by atoms with Crippen LogP contribution in [0, 0.1) is 5.82 Å². The number of hydrogen-bond acceptors (Lipinski definition) is 2. The predicted molar refractivity (Wildman–Crippen MR) is 94.3 cm³/mol. The van der Waals surface area contributed by atoms with Gasteiger partial charge in [-0.2, -0.15) is 0 Å². The Balaban J connectivity index is 2.05. The summed E-state index contributed by atoms with van der Waals surface area (Å²) in [5.41, 5.74) is 2.25. The zero-order valence-corrected chi connectivity index (χ0v) is 13.4. The zero-order chi connectivity index (χ0) is 16.9. The lowest BCUT2D eigenvalue weighted by Gasteiger charge is -2.08. The number of hydrogen-bond donors (Lipinski definition) is 1. The summed E-state index contributed by atoms with van der Waals surface area (Å²) in [4.78, 5) is 18.5. The second-order valence-corrected chi connectivity index (χ2v) is 5.70. The van der Waals surface area contributed by atoms with Crippen LogP contribution >= 0.6 is 11.6 Å². The fourth-order valence-corrected chi connectivity index (χ4v) is 2.47. The third-order valence-corrected chi connectivity index (χ3v) is 3.80. The maximum atomic E-state index is 13.7. The molecule has 0 atom stereocenters. The van der Waals surface area contributed by atoms with E-state index in [9.17, 15) is 9.18 Å². The van der Waals surface area contributed by atoms with E-state index in [4.69, 9.17) is 11.6 Å². The van der Waals surface area contributed by atoms with E-state index in [1.54, 1.807) is 12.1 Å². The van der Waals surface area contributed by atoms with Crippen LogP contribution in [0.1, 0.15) is 17.0 Å². The summed E-state index contributed by atoms with van der Waals surface area (Å²) < 4.78 is 13.7. The van der Waals surface area contributed by atoms with Crippen molar-refractivity contribution >= 4 is 23.3 Å². The van der Waals surface area contributed by atoms with Crippen molar-refractivity contribution in [1.29, 1.82) is 0 Å². The summed E-state index contributed by atoms with van der Waals surface area (Å²) in [6, 6.07) is 15.7. The molecule has 120 valence electrons. The summed E-state index contributed by atoms with van der Waals surface area (Å²) >= 11 is 5.73. The molecule has 0 saturated carbocycles. The van der Waals surface area contributed by atoms with Gasteiger partial charge in [0.2, 0.25) is 0 Å². The zero-order valence-electron chi connectivity index (χ0n) is 12.7. The van der Waals surface area contributed by atoms with Crippen LogP contribution in [0.15, 0.2) is 65.6 Å². The summed E-state index contributed by atoms with van der Waals surface area (Å²) in [6.45, 7) is 0. The van der Waals surface area contributed by atoms with E-state index in [2.05, 4.69) is 9.97 Å². The Hall–Kier alpha value is -2.72. The number of rotatable bonds is 4. The van der Waals surface area contributed by atoms with Crippen molar-refractivity contribution < 1.29 is 4.39 Å². The highest BCUT2D eigenvalue weighted by Crippen LogP contribution is 2.22. The highest BCUT2D eigenvalue weighted by atomic mass is 35.5. The molecule has 0 aliphatic carbocycles. The Morgan fingerprint density at radius 2 is 1.96 bits per heavy atom.